The largest absolute Gasteiger partial charge is 0.493 e. The third-order valence-corrected chi connectivity index (χ3v) is 5.02. The molecule has 1 amide bonds. The summed E-state index contributed by atoms with van der Waals surface area (Å²) in [5, 5.41) is 15.7. The van der Waals surface area contributed by atoms with Gasteiger partial charge >= 0.3 is 0 Å². The van der Waals surface area contributed by atoms with Crippen LogP contribution < -0.4 is 14.8 Å². The van der Waals surface area contributed by atoms with E-state index in [-0.39, 0.29) is 11.4 Å². The van der Waals surface area contributed by atoms with E-state index >= 15 is 0 Å². The van der Waals surface area contributed by atoms with Crippen molar-refractivity contribution in [2.45, 2.75) is 20.5 Å². The summed E-state index contributed by atoms with van der Waals surface area (Å²) in [4.78, 5) is 12.4. The first kappa shape index (κ1) is 22.1. The second-order valence-corrected chi connectivity index (χ2v) is 7.55. The molecular weight excluding hydrogens is 462 g/mol. The van der Waals surface area contributed by atoms with Crippen LogP contribution in [0.15, 0.2) is 57.0 Å². The molecule has 8 heteroatoms. The number of carbonyl (C=O) groups excluding carboxylic acids is 1. The van der Waals surface area contributed by atoms with Crippen LogP contribution in [0.1, 0.15) is 22.5 Å². The second kappa shape index (κ2) is 9.96. The Kier molecular flexibility index (Phi) is 7.11. The standard InChI is InChI=1S/C23H20BrN3O4/c1-14-6-4-5-7-17(14)13-30-22-19(24)10-16(11-20(22)29-3)9-18(12-25)23(28)26-21-8-15(2)31-27-21/h4-11H,13H2,1-3H3,(H,26,27,28)/b18-9-. The van der Waals surface area contributed by atoms with Crippen molar-refractivity contribution in [3.05, 3.63) is 75.0 Å². The van der Waals surface area contributed by atoms with Gasteiger partial charge in [-0.15, -0.1) is 0 Å². The number of benzene rings is 2. The van der Waals surface area contributed by atoms with Crippen molar-refractivity contribution >= 4 is 33.7 Å². The van der Waals surface area contributed by atoms with E-state index in [1.165, 1.54) is 13.2 Å². The molecule has 0 fully saturated rings. The van der Waals surface area contributed by atoms with Crippen LogP contribution in [0, 0.1) is 25.2 Å². The maximum atomic E-state index is 12.4. The topological polar surface area (TPSA) is 97.4 Å². The molecule has 3 aromatic rings. The Morgan fingerprint density at radius 3 is 2.71 bits per heavy atom. The normalized spacial score (nSPS) is 11.0. The van der Waals surface area contributed by atoms with Crippen molar-refractivity contribution in [1.29, 1.82) is 5.26 Å². The van der Waals surface area contributed by atoms with Gasteiger partial charge in [-0.2, -0.15) is 5.26 Å². The molecule has 0 saturated carbocycles. The highest BCUT2D eigenvalue weighted by atomic mass is 79.9. The zero-order valence-electron chi connectivity index (χ0n) is 17.2. The molecule has 1 N–H and O–H groups in total. The number of nitriles is 1. The molecule has 0 unspecified atom stereocenters. The molecule has 0 bridgehead atoms. The van der Waals surface area contributed by atoms with Crippen LogP contribution in [0.25, 0.3) is 6.08 Å². The molecule has 158 valence electrons. The third kappa shape index (κ3) is 5.53. The first-order valence-electron chi connectivity index (χ1n) is 9.32. The second-order valence-electron chi connectivity index (χ2n) is 6.70. The van der Waals surface area contributed by atoms with Crippen LogP contribution in [-0.4, -0.2) is 18.2 Å². The van der Waals surface area contributed by atoms with Gasteiger partial charge in [0.25, 0.3) is 5.91 Å². The minimum atomic E-state index is -0.592. The van der Waals surface area contributed by atoms with Crippen LogP contribution in [0.3, 0.4) is 0 Å². The molecule has 1 heterocycles. The summed E-state index contributed by atoms with van der Waals surface area (Å²) in [6.45, 7) is 4.10. The van der Waals surface area contributed by atoms with Crippen molar-refractivity contribution in [3.63, 3.8) is 0 Å². The Labute approximate surface area is 188 Å². The molecule has 7 nitrogen and oxygen atoms in total. The lowest BCUT2D eigenvalue weighted by Crippen LogP contribution is -2.13. The number of carbonyl (C=O) groups is 1. The average Bonchev–Trinajstić information content (AvgIpc) is 3.16. The monoisotopic (exact) mass is 481 g/mol. The number of halogens is 1. The first-order chi connectivity index (χ1) is 14.9. The molecule has 0 aliphatic carbocycles. The Morgan fingerprint density at radius 2 is 2.06 bits per heavy atom. The smallest absolute Gasteiger partial charge is 0.267 e. The summed E-state index contributed by atoms with van der Waals surface area (Å²) < 4.78 is 17.0. The minimum absolute atomic E-state index is 0.0943. The number of methoxy groups -OCH3 is 1. The van der Waals surface area contributed by atoms with Crippen molar-refractivity contribution in [1.82, 2.24) is 5.16 Å². The lowest BCUT2D eigenvalue weighted by atomic mass is 10.1. The maximum Gasteiger partial charge on any atom is 0.267 e. The summed E-state index contributed by atoms with van der Waals surface area (Å²) in [7, 11) is 1.53. The van der Waals surface area contributed by atoms with E-state index in [0.29, 0.717) is 33.9 Å². The van der Waals surface area contributed by atoms with Gasteiger partial charge in [-0.25, -0.2) is 0 Å². The van der Waals surface area contributed by atoms with Crippen LogP contribution >= 0.6 is 15.9 Å². The van der Waals surface area contributed by atoms with Gasteiger partial charge in [-0.05, 0) is 64.7 Å². The number of aryl methyl sites for hydroxylation is 2. The Hall–Kier alpha value is -3.57. The lowest BCUT2D eigenvalue weighted by molar-refractivity contribution is -0.112. The Balaban J connectivity index is 1.82. The molecule has 1 aromatic heterocycles. The number of nitrogens with zero attached hydrogens (tertiary/aromatic N) is 2. The fourth-order valence-corrected chi connectivity index (χ4v) is 3.38. The maximum absolute atomic E-state index is 12.4. The number of rotatable bonds is 7. The van der Waals surface area contributed by atoms with Gasteiger partial charge in [-0.1, -0.05) is 29.4 Å². The molecule has 2 aromatic carbocycles. The van der Waals surface area contributed by atoms with Crippen LogP contribution in [0.2, 0.25) is 0 Å². The number of hydrogen-bond acceptors (Lipinski definition) is 6. The number of ether oxygens (including phenoxy) is 2. The zero-order chi connectivity index (χ0) is 22.4. The van der Waals surface area contributed by atoms with E-state index in [4.69, 9.17) is 14.0 Å². The Morgan fingerprint density at radius 1 is 1.29 bits per heavy atom. The summed E-state index contributed by atoms with van der Waals surface area (Å²) in [6.07, 6.45) is 1.46. The first-order valence-corrected chi connectivity index (χ1v) is 10.1. The summed E-state index contributed by atoms with van der Waals surface area (Å²) in [6, 6.07) is 14.9. The molecule has 0 saturated heterocycles. The average molecular weight is 482 g/mol. The lowest BCUT2D eigenvalue weighted by Gasteiger charge is -2.14. The van der Waals surface area contributed by atoms with Gasteiger partial charge in [0, 0.05) is 6.07 Å². The van der Waals surface area contributed by atoms with Crippen molar-refractivity contribution in [3.8, 4) is 17.6 Å². The highest BCUT2D eigenvalue weighted by Gasteiger charge is 2.15. The number of anilines is 1. The van der Waals surface area contributed by atoms with Gasteiger partial charge in [0.05, 0.1) is 11.6 Å². The number of hydrogen-bond donors (Lipinski definition) is 1. The molecule has 0 spiro atoms. The Bertz CT molecular complexity index is 1180. The minimum Gasteiger partial charge on any atom is -0.493 e. The zero-order valence-corrected chi connectivity index (χ0v) is 18.8. The summed E-state index contributed by atoms with van der Waals surface area (Å²) in [5.74, 6) is 1.20. The molecule has 0 aliphatic rings. The number of nitrogens with one attached hydrogen (secondary N) is 1. The van der Waals surface area contributed by atoms with Gasteiger partial charge in [0.2, 0.25) is 0 Å². The highest BCUT2D eigenvalue weighted by molar-refractivity contribution is 9.10. The van der Waals surface area contributed by atoms with E-state index in [9.17, 15) is 10.1 Å². The predicted molar refractivity (Wildman–Crippen MR) is 120 cm³/mol. The molecule has 0 aliphatic heterocycles. The van der Waals surface area contributed by atoms with Crippen LogP contribution in [0.5, 0.6) is 11.5 Å². The quantitative estimate of drug-likeness (QED) is 0.368. The van der Waals surface area contributed by atoms with Crippen molar-refractivity contribution in [2.24, 2.45) is 0 Å². The predicted octanol–water partition coefficient (Wildman–Crippen LogP) is 5.19. The van der Waals surface area contributed by atoms with Gasteiger partial charge in [0.15, 0.2) is 17.3 Å². The van der Waals surface area contributed by atoms with E-state index in [0.717, 1.165) is 11.1 Å². The number of aromatic nitrogens is 1. The fraction of sp³-hybridized carbons (Fsp3) is 0.174. The molecule has 31 heavy (non-hydrogen) atoms. The van der Waals surface area contributed by atoms with E-state index in [2.05, 4.69) is 26.4 Å². The van der Waals surface area contributed by atoms with Crippen LogP contribution in [0.4, 0.5) is 5.82 Å². The van der Waals surface area contributed by atoms with Gasteiger partial charge in [0.1, 0.15) is 24.0 Å². The highest BCUT2D eigenvalue weighted by Crippen LogP contribution is 2.38. The molecule has 0 radical (unpaired) electrons. The van der Waals surface area contributed by atoms with Crippen LogP contribution in [-0.2, 0) is 11.4 Å². The van der Waals surface area contributed by atoms with Crippen molar-refractivity contribution < 1.29 is 18.8 Å². The van der Waals surface area contributed by atoms with Gasteiger partial charge < -0.3 is 19.3 Å². The van der Waals surface area contributed by atoms with E-state index in [1.54, 1.807) is 25.1 Å². The van der Waals surface area contributed by atoms with E-state index < -0.39 is 5.91 Å². The molecule has 0 atom stereocenters. The molecule has 3 rings (SSSR count). The fourth-order valence-electron chi connectivity index (χ4n) is 2.81. The van der Waals surface area contributed by atoms with Gasteiger partial charge in [-0.3, -0.25) is 4.79 Å². The summed E-state index contributed by atoms with van der Waals surface area (Å²) in [5.41, 5.74) is 2.69. The summed E-state index contributed by atoms with van der Waals surface area (Å²) >= 11 is 3.50. The SMILES string of the molecule is COc1cc(/C=C(/C#N)C(=O)Nc2cc(C)on2)cc(Br)c1OCc1ccccc1C. The van der Waals surface area contributed by atoms with Crippen molar-refractivity contribution in [2.75, 3.05) is 12.4 Å². The third-order valence-electron chi connectivity index (χ3n) is 4.43. The number of amides is 1. The van der Waals surface area contributed by atoms with E-state index in [1.807, 2.05) is 37.3 Å². The molecular formula is C23H20BrN3O4.